The maximum absolute atomic E-state index is 12.0. The summed E-state index contributed by atoms with van der Waals surface area (Å²) in [5.74, 6) is -0.458. The molecule has 0 fully saturated rings. The molecule has 21 heavy (non-hydrogen) atoms. The number of rotatable bonds is 4. The maximum atomic E-state index is 12.0. The first-order valence-corrected chi connectivity index (χ1v) is 6.21. The molecule has 2 aromatic rings. The van der Waals surface area contributed by atoms with Gasteiger partial charge in [0.05, 0.1) is 32.0 Å². The van der Waals surface area contributed by atoms with E-state index in [-0.39, 0.29) is 18.1 Å². The molecule has 2 rings (SSSR count). The van der Waals surface area contributed by atoms with E-state index < -0.39 is 5.97 Å². The molecule has 0 bridgehead atoms. The van der Waals surface area contributed by atoms with Crippen LogP contribution < -0.4 is 10.3 Å². The molecule has 0 aliphatic carbocycles. The van der Waals surface area contributed by atoms with Crippen LogP contribution in [0.2, 0.25) is 0 Å². The summed E-state index contributed by atoms with van der Waals surface area (Å²) in [5.41, 5.74) is 1.32. The van der Waals surface area contributed by atoms with E-state index in [9.17, 15) is 9.59 Å². The Morgan fingerprint density at radius 3 is 2.67 bits per heavy atom. The van der Waals surface area contributed by atoms with Crippen LogP contribution in [0.25, 0.3) is 0 Å². The molecule has 2 heterocycles. The largest absolute Gasteiger partial charge is 0.468 e. The average Bonchev–Trinajstić information content (AvgIpc) is 2.49. The minimum absolute atomic E-state index is 0.205. The van der Waals surface area contributed by atoms with Crippen molar-refractivity contribution in [3.8, 4) is 6.01 Å². The molecule has 0 N–H and O–H groups in total. The Balaban J connectivity index is 2.30. The van der Waals surface area contributed by atoms with Gasteiger partial charge in [-0.1, -0.05) is 0 Å². The van der Waals surface area contributed by atoms with Crippen LogP contribution in [0.1, 0.15) is 21.7 Å². The highest BCUT2D eigenvalue weighted by atomic mass is 16.5. The molecule has 0 atom stereocenters. The zero-order chi connectivity index (χ0) is 15.4. The Hall–Kier alpha value is -2.70. The normalized spacial score (nSPS) is 10.2. The molecule has 2 aromatic heterocycles. The van der Waals surface area contributed by atoms with Gasteiger partial charge in [-0.3, -0.25) is 14.3 Å². The number of carbonyl (C=O) groups excluding carboxylic acids is 1. The van der Waals surface area contributed by atoms with Crippen LogP contribution in [0.15, 0.2) is 29.2 Å². The Morgan fingerprint density at radius 2 is 2.10 bits per heavy atom. The Morgan fingerprint density at radius 1 is 1.33 bits per heavy atom. The lowest BCUT2D eigenvalue weighted by Crippen LogP contribution is -2.23. The van der Waals surface area contributed by atoms with E-state index in [4.69, 9.17) is 4.74 Å². The van der Waals surface area contributed by atoms with Crippen LogP contribution >= 0.6 is 0 Å². The molecule has 0 spiro atoms. The predicted molar refractivity (Wildman–Crippen MR) is 74.5 cm³/mol. The van der Waals surface area contributed by atoms with Crippen molar-refractivity contribution in [2.24, 2.45) is 0 Å². The van der Waals surface area contributed by atoms with Crippen molar-refractivity contribution < 1.29 is 14.3 Å². The highest BCUT2D eigenvalue weighted by Gasteiger charge is 2.10. The first-order valence-electron chi connectivity index (χ1n) is 6.21. The number of aryl methyl sites for hydroxylation is 1. The molecule has 0 aromatic carbocycles. The molecule has 110 valence electrons. The summed E-state index contributed by atoms with van der Waals surface area (Å²) >= 11 is 0. The summed E-state index contributed by atoms with van der Waals surface area (Å²) in [4.78, 5) is 31.6. The van der Waals surface area contributed by atoms with E-state index in [2.05, 4.69) is 14.7 Å². The van der Waals surface area contributed by atoms with Gasteiger partial charge in [0.1, 0.15) is 0 Å². The molecule has 0 saturated carbocycles. The van der Waals surface area contributed by atoms with Gasteiger partial charge in [-0.15, -0.1) is 0 Å². The third-order valence-corrected chi connectivity index (χ3v) is 2.85. The minimum atomic E-state index is -0.458. The molecular weight excluding hydrogens is 274 g/mol. The number of nitrogens with zero attached hydrogens (tertiary/aromatic N) is 3. The number of pyridine rings is 1. The number of hydrogen-bond acceptors (Lipinski definition) is 6. The van der Waals surface area contributed by atoms with Crippen LogP contribution in [-0.2, 0) is 11.3 Å². The van der Waals surface area contributed by atoms with E-state index in [1.165, 1.54) is 31.0 Å². The third-order valence-electron chi connectivity index (χ3n) is 2.85. The van der Waals surface area contributed by atoms with Gasteiger partial charge in [0.2, 0.25) is 0 Å². The fourth-order valence-corrected chi connectivity index (χ4v) is 1.81. The summed E-state index contributed by atoms with van der Waals surface area (Å²) in [6.07, 6.45) is 1.40. The molecule has 0 aliphatic heterocycles. The monoisotopic (exact) mass is 289 g/mol. The number of hydrogen-bond donors (Lipinski definition) is 0. The second-order valence-electron chi connectivity index (χ2n) is 4.34. The lowest BCUT2D eigenvalue weighted by atomic mass is 10.2. The third kappa shape index (κ3) is 3.25. The molecule has 0 amide bonds. The van der Waals surface area contributed by atoms with Crippen molar-refractivity contribution in [3.63, 3.8) is 0 Å². The summed E-state index contributed by atoms with van der Waals surface area (Å²) in [7, 11) is 2.75. The van der Waals surface area contributed by atoms with Crippen molar-refractivity contribution in [2.75, 3.05) is 14.2 Å². The molecular formula is C14H15N3O4. The fraction of sp³-hybridized carbons (Fsp3) is 0.286. The predicted octanol–water partition coefficient (Wildman–Crippen LogP) is 0.790. The number of carbonyl (C=O) groups is 1. The number of esters is 1. The smallest absolute Gasteiger partial charge is 0.339 e. The van der Waals surface area contributed by atoms with Gasteiger partial charge in [-0.05, 0) is 19.1 Å². The molecule has 0 saturated heterocycles. The molecule has 0 radical (unpaired) electrons. The van der Waals surface area contributed by atoms with E-state index in [0.29, 0.717) is 17.0 Å². The van der Waals surface area contributed by atoms with Crippen LogP contribution in [0.5, 0.6) is 6.01 Å². The van der Waals surface area contributed by atoms with E-state index in [1.54, 1.807) is 19.1 Å². The van der Waals surface area contributed by atoms with Crippen molar-refractivity contribution >= 4 is 5.97 Å². The van der Waals surface area contributed by atoms with E-state index in [1.807, 2.05) is 0 Å². The van der Waals surface area contributed by atoms with Gasteiger partial charge in [0, 0.05) is 18.0 Å². The molecule has 0 unspecified atom stereocenters. The van der Waals surface area contributed by atoms with Crippen LogP contribution in [0.4, 0.5) is 0 Å². The van der Waals surface area contributed by atoms with Crippen LogP contribution in [0.3, 0.4) is 0 Å². The SMILES string of the molecule is COC(=O)c1ccc(Cn2c(OC)nc(C)cc2=O)nc1. The zero-order valence-corrected chi connectivity index (χ0v) is 12.0. The lowest BCUT2D eigenvalue weighted by Gasteiger charge is -2.10. The van der Waals surface area contributed by atoms with Gasteiger partial charge in [0.15, 0.2) is 0 Å². The first-order chi connectivity index (χ1) is 10.0. The van der Waals surface area contributed by atoms with Crippen molar-refractivity contribution in [1.82, 2.24) is 14.5 Å². The van der Waals surface area contributed by atoms with E-state index in [0.717, 1.165) is 0 Å². The highest BCUT2D eigenvalue weighted by molar-refractivity contribution is 5.88. The standard InChI is InChI=1S/C14H15N3O4/c1-9-6-12(18)17(14(16-9)21-3)8-11-5-4-10(7-15-11)13(19)20-2/h4-7H,8H2,1-3H3. The summed E-state index contributed by atoms with van der Waals surface area (Å²) < 4.78 is 11.1. The highest BCUT2D eigenvalue weighted by Crippen LogP contribution is 2.08. The van der Waals surface area contributed by atoms with Crippen molar-refractivity contribution in [1.29, 1.82) is 0 Å². The Bertz CT molecular complexity index is 707. The molecule has 0 aliphatic rings. The quantitative estimate of drug-likeness (QED) is 0.774. The number of aromatic nitrogens is 3. The lowest BCUT2D eigenvalue weighted by molar-refractivity contribution is 0.0600. The second kappa shape index (κ2) is 6.17. The van der Waals surface area contributed by atoms with Crippen molar-refractivity contribution in [3.05, 3.63) is 51.7 Å². The maximum Gasteiger partial charge on any atom is 0.339 e. The first kappa shape index (κ1) is 14.7. The summed E-state index contributed by atoms with van der Waals surface area (Å²) in [6.45, 7) is 1.93. The molecule has 7 nitrogen and oxygen atoms in total. The van der Waals surface area contributed by atoms with Gasteiger partial charge < -0.3 is 9.47 Å². The Kier molecular flexibility index (Phi) is 4.32. The number of methoxy groups -OCH3 is 2. The second-order valence-corrected chi connectivity index (χ2v) is 4.34. The van der Waals surface area contributed by atoms with Gasteiger partial charge in [0.25, 0.3) is 11.6 Å². The minimum Gasteiger partial charge on any atom is -0.468 e. The van der Waals surface area contributed by atoms with E-state index >= 15 is 0 Å². The summed E-state index contributed by atoms with van der Waals surface area (Å²) in [5, 5.41) is 0. The van der Waals surface area contributed by atoms with Crippen molar-refractivity contribution in [2.45, 2.75) is 13.5 Å². The van der Waals surface area contributed by atoms with Crippen LogP contribution in [-0.4, -0.2) is 34.7 Å². The van der Waals surface area contributed by atoms with Crippen LogP contribution in [0, 0.1) is 6.92 Å². The zero-order valence-electron chi connectivity index (χ0n) is 12.0. The topological polar surface area (TPSA) is 83.3 Å². The average molecular weight is 289 g/mol. The van der Waals surface area contributed by atoms with Gasteiger partial charge >= 0.3 is 5.97 Å². The molecule has 7 heteroatoms. The number of ether oxygens (including phenoxy) is 2. The van der Waals surface area contributed by atoms with Gasteiger partial charge in [-0.25, -0.2) is 9.78 Å². The summed E-state index contributed by atoms with van der Waals surface area (Å²) in [6, 6.07) is 4.88. The fourth-order valence-electron chi connectivity index (χ4n) is 1.81. The van der Waals surface area contributed by atoms with Gasteiger partial charge in [-0.2, -0.15) is 0 Å². The Labute approximate surface area is 121 Å².